The Kier molecular flexibility index (Phi) is 2.00. The summed E-state index contributed by atoms with van der Waals surface area (Å²) in [6.45, 7) is 6.37. The van der Waals surface area contributed by atoms with Crippen LogP contribution < -0.4 is 0 Å². The molecule has 0 radical (unpaired) electrons. The monoisotopic (exact) mass is 136 g/mol. The summed E-state index contributed by atoms with van der Waals surface area (Å²) in [4.78, 5) is 0. The van der Waals surface area contributed by atoms with Crippen LogP contribution in [0.2, 0.25) is 0 Å². The third-order valence-corrected chi connectivity index (χ3v) is 1.59. The first-order chi connectivity index (χ1) is 4.72. The van der Waals surface area contributed by atoms with E-state index in [1.165, 1.54) is 11.1 Å². The zero-order chi connectivity index (χ0) is 7.56. The van der Waals surface area contributed by atoms with Crippen LogP contribution in [0.5, 0.6) is 0 Å². The Hall–Kier alpha value is -0.920. The van der Waals surface area contributed by atoms with E-state index < -0.39 is 0 Å². The van der Waals surface area contributed by atoms with Gasteiger partial charge in [0.1, 0.15) is 0 Å². The van der Waals surface area contributed by atoms with Gasteiger partial charge in [0.15, 0.2) is 0 Å². The summed E-state index contributed by atoms with van der Waals surface area (Å²) in [5, 5.41) is 7.59. The first-order valence-corrected chi connectivity index (χ1v) is 3.49. The number of hydrogen-bond donors (Lipinski definition) is 0. The number of nitrogens with zero attached hydrogens (tertiary/aromatic N) is 2. The van der Waals surface area contributed by atoms with E-state index in [2.05, 4.69) is 31.0 Å². The first kappa shape index (κ1) is 7.19. The highest BCUT2D eigenvalue weighted by atomic mass is 15.1. The predicted molar refractivity (Wildman–Crippen MR) is 40.9 cm³/mol. The van der Waals surface area contributed by atoms with Gasteiger partial charge in [-0.3, -0.25) is 0 Å². The zero-order valence-electron chi connectivity index (χ0n) is 6.63. The lowest BCUT2D eigenvalue weighted by molar-refractivity contribution is 0.828. The Morgan fingerprint density at radius 2 is 1.80 bits per heavy atom. The molecule has 0 saturated heterocycles. The van der Waals surface area contributed by atoms with Gasteiger partial charge in [0.05, 0.1) is 12.4 Å². The Morgan fingerprint density at radius 3 is 2.20 bits per heavy atom. The normalized spacial score (nSPS) is 10.4. The Labute approximate surface area is 61.3 Å². The van der Waals surface area contributed by atoms with Crippen molar-refractivity contribution in [2.75, 3.05) is 0 Å². The minimum atomic E-state index is 0.551. The van der Waals surface area contributed by atoms with Gasteiger partial charge >= 0.3 is 0 Å². The first-order valence-electron chi connectivity index (χ1n) is 3.49. The van der Waals surface area contributed by atoms with Gasteiger partial charge in [0, 0.05) is 0 Å². The summed E-state index contributed by atoms with van der Waals surface area (Å²) in [5.41, 5.74) is 2.51. The van der Waals surface area contributed by atoms with Crippen LogP contribution in [0, 0.1) is 6.92 Å². The molecular weight excluding hydrogens is 124 g/mol. The van der Waals surface area contributed by atoms with E-state index in [1.807, 2.05) is 6.20 Å². The second-order valence-electron chi connectivity index (χ2n) is 2.78. The summed E-state index contributed by atoms with van der Waals surface area (Å²) in [6.07, 6.45) is 3.63. The van der Waals surface area contributed by atoms with E-state index in [-0.39, 0.29) is 0 Å². The second-order valence-corrected chi connectivity index (χ2v) is 2.78. The fraction of sp³-hybridized carbons (Fsp3) is 0.500. The van der Waals surface area contributed by atoms with Crippen LogP contribution in [0.1, 0.15) is 30.9 Å². The third kappa shape index (κ3) is 1.32. The van der Waals surface area contributed by atoms with E-state index in [4.69, 9.17) is 0 Å². The number of aromatic nitrogens is 2. The van der Waals surface area contributed by atoms with Crippen LogP contribution in [0.4, 0.5) is 0 Å². The molecule has 54 valence electrons. The lowest BCUT2D eigenvalue weighted by atomic mass is 10.0. The van der Waals surface area contributed by atoms with Gasteiger partial charge < -0.3 is 0 Å². The Morgan fingerprint density at radius 1 is 1.20 bits per heavy atom. The molecule has 0 atom stereocenters. The summed E-state index contributed by atoms with van der Waals surface area (Å²) in [6, 6.07) is 0. The molecule has 0 aromatic carbocycles. The third-order valence-electron chi connectivity index (χ3n) is 1.59. The highest BCUT2D eigenvalue weighted by Crippen LogP contribution is 2.15. The SMILES string of the molecule is Cc1cnncc1C(C)C. The molecule has 1 aromatic heterocycles. The average molecular weight is 136 g/mol. The molecule has 0 N–H and O–H groups in total. The highest BCUT2D eigenvalue weighted by Gasteiger charge is 2.01. The fourth-order valence-corrected chi connectivity index (χ4v) is 0.996. The standard InChI is InChI=1S/C8H12N2/c1-6(2)8-5-10-9-4-7(8)3/h4-6H,1-3H3. The quantitative estimate of drug-likeness (QED) is 0.589. The van der Waals surface area contributed by atoms with Gasteiger partial charge in [-0.15, -0.1) is 0 Å². The van der Waals surface area contributed by atoms with Gasteiger partial charge in [-0.05, 0) is 24.0 Å². The Bertz CT molecular complexity index is 218. The maximum Gasteiger partial charge on any atom is 0.0533 e. The molecule has 1 heterocycles. The molecule has 0 amide bonds. The zero-order valence-corrected chi connectivity index (χ0v) is 6.63. The molecule has 1 aromatic rings. The summed E-state index contributed by atoms with van der Waals surface area (Å²) in [5.74, 6) is 0.551. The van der Waals surface area contributed by atoms with Crippen molar-refractivity contribution in [1.82, 2.24) is 10.2 Å². The molecule has 2 heteroatoms. The van der Waals surface area contributed by atoms with E-state index in [0.717, 1.165) is 0 Å². The van der Waals surface area contributed by atoms with E-state index in [0.29, 0.717) is 5.92 Å². The number of hydrogen-bond acceptors (Lipinski definition) is 2. The maximum atomic E-state index is 3.82. The van der Waals surface area contributed by atoms with Crippen molar-refractivity contribution < 1.29 is 0 Å². The largest absolute Gasteiger partial charge is 0.159 e. The van der Waals surface area contributed by atoms with Crippen molar-refractivity contribution in [1.29, 1.82) is 0 Å². The van der Waals surface area contributed by atoms with Gasteiger partial charge in [0.2, 0.25) is 0 Å². The number of aryl methyl sites for hydroxylation is 1. The minimum Gasteiger partial charge on any atom is -0.159 e. The topological polar surface area (TPSA) is 25.8 Å². The molecule has 1 rings (SSSR count). The lowest BCUT2D eigenvalue weighted by Crippen LogP contribution is -1.94. The van der Waals surface area contributed by atoms with Crippen molar-refractivity contribution in [3.63, 3.8) is 0 Å². The van der Waals surface area contributed by atoms with Crippen LogP contribution in [0.3, 0.4) is 0 Å². The predicted octanol–water partition coefficient (Wildman–Crippen LogP) is 1.91. The molecule has 2 nitrogen and oxygen atoms in total. The number of rotatable bonds is 1. The molecule has 10 heavy (non-hydrogen) atoms. The second kappa shape index (κ2) is 2.78. The summed E-state index contributed by atoms with van der Waals surface area (Å²) >= 11 is 0. The molecule has 0 aliphatic carbocycles. The molecule has 0 unspecified atom stereocenters. The Balaban J connectivity index is 3.03. The van der Waals surface area contributed by atoms with Gasteiger partial charge in [0.25, 0.3) is 0 Å². The molecule has 0 aliphatic rings. The van der Waals surface area contributed by atoms with Crippen molar-refractivity contribution in [3.05, 3.63) is 23.5 Å². The van der Waals surface area contributed by atoms with Crippen molar-refractivity contribution in [2.24, 2.45) is 0 Å². The van der Waals surface area contributed by atoms with Crippen LogP contribution >= 0.6 is 0 Å². The van der Waals surface area contributed by atoms with Crippen LogP contribution in [-0.2, 0) is 0 Å². The van der Waals surface area contributed by atoms with E-state index >= 15 is 0 Å². The van der Waals surface area contributed by atoms with E-state index in [1.54, 1.807) is 6.20 Å². The van der Waals surface area contributed by atoms with Gasteiger partial charge in [-0.25, -0.2) is 0 Å². The maximum absolute atomic E-state index is 3.82. The van der Waals surface area contributed by atoms with Crippen LogP contribution in [0.15, 0.2) is 12.4 Å². The van der Waals surface area contributed by atoms with E-state index in [9.17, 15) is 0 Å². The molecule has 0 fully saturated rings. The van der Waals surface area contributed by atoms with Gasteiger partial charge in [-0.2, -0.15) is 10.2 Å². The molecular formula is C8H12N2. The van der Waals surface area contributed by atoms with Crippen LogP contribution in [0.25, 0.3) is 0 Å². The molecule has 0 saturated carbocycles. The summed E-state index contributed by atoms with van der Waals surface area (Å²) in [7, 11) is 0. The summed E-state index contributed by atoms with van der Waals surface area (Å²) < 4.78 is 0. The lowest BCUT2D eigenvalue weighted by Gasteiger charge is -2.05. The van der Waals surface area contributed by atoms with Crippen molar-refractivity contribution >= 4 is 0 Å². The molecule has 0 aliphatic heterocycles. The van der Waals surface area contributed by atoms with Crippen molar-refractivity contribution in [2.45, 2.75) is 26.7 Å². The fourth-order valence-electron chi connectivity index (χ4n) is 0.996. The van der Waals surface area contributed by atoms with Crippen LogP contribution in [-0.4, -0.2) is 10.2 Å². The average Bonchev–Trinajstić information content (AvgIpc) is 1.88. The smallest absolute Gasteiger partial charge is 0.0533 e. The van der Waals surface area contributed by atoms with Crippen molar-refractivity contribution in [3.8, 4) is 0 Å². The molecule has 0 bridgehead atoms. The minimum absolute atomic E-state index is 0.551. The molecule has 0 spiro atoms. The van der Waals surface area contributed by atoms with Gasteiger partial charge in [-0.1, -0.05) is 13.8 Å². The highest BCUT2D eigenvalue weighted by molar-refractivity contribution is 5.21.